The molecule has 0 radical (unpaired) electrons. The van der Waals surface area contributed by atoms with Gasteiger partial charge in [-0.15, -0.1) is 0 Å². The second kappa shape index (κ2) is 7.03. The lowest BCUT2D eigenvalue weighted by Gasteiger charge is -2.22. The van der Waals surface area contributed by atoms with Crippen LogP contribution in [-0.2, 0) is 16.0 Å². The molecule has 0 aliphatic carbocycles. The fraction of sp³-hybridized carbons (Fsp3) is 0.429. The van der Waals surface area contributed by atoms with E-state index in [1.54, 1.807) is 20.8 Å². The molecule has 0 aliphatic rings. The van der Waals surface area contributed by atoms with E-state index in [2.05, 4.69) is 5.32 Å². The molecule has 1 aromatic carbocycles. The van der Waals surface area contributed by atoms with E-state index in [1.807, 2.05) is 0 Å². The molecule has 0 saturated carbocycles. The standard InChI is InChI=1S/C14H17FN2O6/c1-14(2,3)23-13(20)16-9(12(18)19)7-8-5-4-6-10(11(8)15)17(21)22/h4-6,9H,7H2,1-3H3,(H,16,20)(H,18,19). The van der Waals surface area contributed by atoms with Crippen molar-refractivity contribution in [3.05, 3.63) is 39.7 Å². The molecule has 1 aromatic rings. The maximum atomic E-state index is 14.0. The van der Waals surface area contributed by atoms with Gasteiger partial charge in [0.2, 0.25) is 5.82 Å². The van der Waals surface area contributed by atoms with Crippen LogP contribution in [0.25, 0.3) is 0 Å². The average Bonchev–Trinajstić information content (AvgIpc) is 2.37. The SMILES string of the molecule is CC(C)(C)OC(=O)NC(Cc1cccc([N+](=O)[O-])c1F)C(=O)O. The lowest BCUT2D eigenvalue weighted by Crippen LogP contribution is -2.44. The van der Waals surface area contributed by atoms with E-state index in [1.165, 1.54) is 12.1 Å². The Morgan fingerprint density at radius 3 is 2.52 bits per heavy atom. The Hall–Kier alpha value is -2.71. The van der Waals surface area contributed by atoms with Crippen molar-refractivity contribution in [2.75, 3.05) is 0 Å². The number of rotatable bonds is 5. The van der Waals surface area contributed by atoms with Crippen molar-refractivity contribution in [1.29, 1.82) is 0 Å². The fourth-order valence-corrected chi connectivity index (χ4v) is 1.73. The summed E-state index contributed by atoms with van der Waals surface area (Å²) in [6.45, 7) is 4.80. The van der Waals surface area contributed by atoms with Crippen LogP contribution < -0.4 is 5.32 Å². The average molecular weight is 328 g/mol. The van der Waals surface area contributed by atoms with Crippen molar-refractivity contribution in [3.8, 4) is 0 Å². The van der Waals surface area contributed by atoms with Gasteiger partial charge in [0, 0.05) is 12.5 Å². The van der Waals surface area contributed by atoms with Crippen LogP contribution in [0.2, 0.25) is 0 Å². The van der Waals surface area contributed by atoms with Gasteiger partial charge in [0.05, 0.1) is 4.92 Å². The summed E-state index contributed by atoms with van der Waals surface area (Å²) in [7, 11) is 0. The van der Waals surface area contributed by atoms with Crippen molar-refractivity contribution >= 4 is 17.7 Å². The summed E-state index contributed by atoms with van der Waals surface area (Å²) in [6.07, 6.45) is -1.43. The van der Waals surface area contributed by atoms with E-state index in [0.717, 1.165) is 6.07 Å². The normalized spacial score (nSPS) is 12.3. The molecule has 1 atom stereocenters. The zero-order valence-electron chi connectivity index (χ0n) is 12.8. The number of nitrogens with one attached hydrogen (secondary N) is 1. The number of nitro benzene ring substituents is 1. The van der Waals surface area contributed by atoms with Crippen LogP contribution >= 0.6 is 0 Å². The van der Waals surface area contributed by atoms with Crippen LogP contribution in [0.15, 0.2) is 18.2 Å². The van der Waals surface area contributed by atoms with Crippen LogP contribution in [0.4, 0.5) is 14.9 Å². The highest BCUT2D eigenvalue weighted by atomic mass is 19.1. The molecule has 0 spiro atoms. The molecule has 2 N–H and O–H groups in total. The highest BCUT2D eigenvalue weighted by Gasteiger charge is 2.27. The van der Waals surface area contributed by atoms with Crippen molar-refractivity contribution in [1.82, 2.24) is 5.32 Å². The molecule has 9 heteroatoms. The van der Waals surface area contributed by atoms with Gasteiger partial charge in [-0.1, -0.05) is 12.1 Å². The molecule has 1 amide bonds. The van der Waals surface area contributed by atoms with Crippen LogP contribution in [0.5, 0.6) is 0 Å². The van der Waals surface area contributed by atoms with E-state index in [0.29, 0.717) is 0 Å². The first-order valence-corrected chi connectivity index (χ1v) is 6.65. The first-order chi connectivity index (χ1) is 10.5. The van der Waals surface area contributed by atoms with Gasteiger partial charge in [0.25, 0.3) is 0 Å². The molecular weight excluding hydrogens is 311 g/mol. The molecule has 126 valence electrons. The van der Waals surface area contributed by atoms with Gasteiger partial charge < -0.3 is 15.2 Å². The lowest BCUT2D eigenvalue weighted by atomic mass is 10.0. The third kappa shape index (κ3) is 5.53. The smallest absolute Gasteiger partial charge is 0.408 e. The van der Waals surface area contributed by atoms with E-state index >= 15 is 0 Å². The third-order valence-corrected chi connectivity index (χ3v) is 2.67. The van der Waals surface area contributed by atoms with Gasteiger partial charge in [0.15, 0.2) is 0 Å². The van der Waals surface area contributed by atoms with E-state index in [4.69, 9.17) is 9.84 Å². The van der Waals surface area contributed by atoms with Crippen molar-refractivity contribution in [3.63, 3.8) is 0 Å². The lowest BCUT2D eigenvalue weighted by molar-refractivity contribution is -0.387. The topological polar surface area (TPSA) is 119 Å². The largest absolute Gasteiger partial charge is 0.480 e. The number of carbonyl (C=O) groups is 2. The molecule has 0 heterocycles. The number of carbonyl (C=O) groups excluding carboxylic acids is 1. The quantitative estimate of drug-likeness (QED) is 0.632. The fourth-order valence-electron chi connectivity index (χ4n) is 1.73. The Morgan fingerprint density at radius 1 is 1.43 bits per heavy atom. The summed E-state index contributed by atoms with van der Waals surface area (Å²) in [5, 5.41) is 21.9. The summed E-state index contributed by atoms with van der Waals surface area (Å²) in [5.41, 5.74) is -1.78. The number of carboxylic acid groups (broad SMARTS) is 1. The summed E-state index contributed by atoms with van der Waals surface area (Å²) in [5.74, 6) is -2.54. The zero-order valence-corrected chi connectivity index (χ0v) is 12.8. The Labute approximate surface area is 131 Å². The third-order valence-electron chi connectivity index (χ3n) is 2.67. The first-order valence-electron chi connectivity index (χ1n) is 6.65. The number of carboxylic acids is 1. The maximum absolute atomic E-state index is 14.0. The number of hydrogen-bond acceptors (Lipinski definition) is 5. The maximum Gasteiger partial charge on any atom is 0.408 e. The number of nitrogens with zero attached hydrogens (tertiary/aromatic N) is 1. The number of hydrogen-bond donors (Lipinski definition) is 2. The summed E-state index contributed by atoms with van der Waals surface area (Å²) in [6, 6.07) is 1.94. The number of ether oxygens (including phenoxy) is 1. The Balaban J connectivity index is 2.93. The molecule has 0 saturated heterocycles. The second-order valence-corrected chi connectivity index (χ2v) is 5.75. The Bertz CT molecular complexity index is 626. The van der Waals surface area contributed by atoms with Crippen molar-refractivity contribution < 1.29 is 28.7 Å². The number of halogens is 1. The molecule has 1 unspecified atom stereocenters. The Kier molecular flexibility index (Phi) is 5.61. The van der Waals surface area contributed by atoms with Gasteiger partial charge in [-0.05, 0) is 26.3 Å². The molecule has 1 rings (SSSR count). The molecular formula is C14H17FN2O6. The minimum Gasteiger partial charge on any atom is -0.480 e. The number of aliphatic carboxylic acids is 1. The molecule has 0 bridgehead atoms. The zero-order chi connectivity index (χ0) is 17.8. The minimum absolute atomic E-state index is 0.192. The van der Waals surface area contributed by atoms with Gasteiger partial charge in [-0.2, -0.15) is 4.39 Å². The number of benzene rings is 1. The minimum atomic E-state index is -1.48. The van der Waals surface area contributed by atoms with E-state index in [9.17, 15) is 24.1 Å². The second-order valence-electron chi connectivity index (χ2n) is 5.75. The van der Waals surface area contributed by atoms with Crippen LogP contribution in [0, 0.1) is 15.9 Å². The van der Waals surface area contributed by atoms with Gasteiger partial charge in [-0.25, -0.2) is 9.59 Å². The first kappa shape index (κ1) is 18.3. The Morgan fingerprint density at radius 2 is 2.04 bits per heavy atom. The number of nitro groups is 1. The van der Waals surface area contributed by atoms with E-state index < -0.39 is 46.6 Å². The van der Waals surface area contributed by atoms with E-state index in [-0.39, 0.29) is 5.56 Å². The van der Waals surface area contributed by atoms with Gasteiger partial charge in [0.1, 0.15) is 11.6 Å². The number of amides is 1. The van der Waals surface area contributed by atoms with Crippen LogP contribution in [0.3, 0.4) is 0 Å². The van der Waals surface area contributed by atoms with Gasteiger partial charge in [-0.3, -0.25) is 10.1 Å². The predicted octanol–water partition coefficient (Wildman–Crippen LogP) is 2.25. The highest BCUT2D eigenvalue weighted by molar-refractivity contribution is 5.80. The summed E-state index contributed by atoms with van der Waals surface area (Å²) < 4.78 is 18.9. The molecule has 0 aliphatic heterocycles. The van der Waals surface area contributed by atoms with Crippen LogP contribution in [0.1, 0.15) is 26.3 Å². The summed E-state index contributed by atoms with van der Waals surface area (Å²) >= 11 is 0. The van der Waals surface area contributed by atoms with Crippen molar-refractivity contribution in [2.24, 2.45) is 0 Å². The summed E-state index contributed by atoms with van der Waals surface area (Å²) in [4.78, 5) is 32.6. The monoisotopic (exact) mass is 328 g/mol. The van der Waals surface area contributed by atoms with Crippen molar-refractivity contribution in [2.45, 2.75) is 38.8 Å². The van der Waals surface area contributed by atoms with Gasteiger partial charge >= 0.3 is 17.7 Å². The molecule has 0 fully saturated rings. The predicted molar refractivity (Wildman–Crippen MR) is 77.6 cm³/mol. The molecule has 0 aromatic heterocycles. The number of alkyl carbamates (subject to hydrolysis) is 1. The highest BCUT2D eigenvalue weighted by Crippen LogP contribution is 2.21. The molecule has 23 heavy (non-hydrogen) atoms. The van der Waals surface area contributed by atoms with Crippen LogP contribution in [-0.4, -0.2) is 33.7 Å². The molecule has 8 nitrogen and oxygen atoms in total.